The number of benzene rings is 1. The van der Waals surface area contributed by atoms with Crippen LogP contribution in [0, 0.1) is 11.6 Å². The molecule has 7 heteroatoms. The number of halogens is 2. The molecule has 1 aromatic carbocycles. The maximum absolute atomic E-state index is 13.5. The molecule has 4 N–H and O–H groups in total. The van der Waals surface area contributed by atoms with Gasteiger partial charge < -0.3 is 10.7 Å². The van der Waals surface area contributed by atoms with Crippen molar-refractivity contribution >= 4 is 11.6 Å². The third-order valence-corrected chi connectivity index (χ3v) is 3.77. The normalized spacial score (nSPS) is 16.8. The van der Waals surface area contributed by atoms with Crippen molar-refractivity contribution < 1.29 is 13.6 Å². The minimum Gasteiger partial charge on any atom is -0.350 e. The Morgan fingerprint density at radius 3 is 2.43 bits per heavy atom. The van der Waals surface area contributed by atoms with E-state index in [9.17, 15) is 13.6 Å². The largest absolute Gasteiger partial charge is 0.350 e. The number of nitrogens with two attached hydrogens (primary N) is 1. The molecule has 116 valence electrons. The number of carbonyl (C=O) groups is 1. The average Bonchev–Trinajstić information content (AvgIpc) is 2.98. The maximum Gasteiger partial charge on any atom is 0.251 e. The van der Waals surface area contributed by atoms with Crippen molar-refractivity contribution in [1.82, 2.24) is 10.2 Å². The lowest BCUT2D eigenvalue weighted by Crippen LogP contribution is -2.40. The first-order valence-corrected chi connectivity index (χ1v) is 7.01. The molecule has 1 heterocycles. The summed E-state index contributed by atoms with van der Waals surface area (Å²) in [7, 11) is 0. The zero-order valence-corrected chi connectivity index (χ0v) is 12.0. The molecule has 1 fully saturated rings. The summed E-state index contributed by atoms with van der Waals surface area (Å²) in [5, 5.41) is 2.70. The van der Waals surface area contributed by atoms with Gasteiger partial charge in [-0.3, -0.25) is 15.5 Å². The number of nitrogen functional groups attached to an aromatic ring is 1. The fourth-order valence-electron chi connectivity index (χ4n) is 2.50. The molecule has 0 aliphatic carbocycles. The maximum atomic E-state index is 13.5. The van der Waals surface area contributed by atoms with Gasteiger partial charge in [-0.05, 0) is 45.0 Å². The van der Waals surface area contributed by atoms with Gasteiger partial charge in [0.1, 0.15) is 5.69 Å². The van der Waals surface area contributed by atoms with E-state index in [0.29, 0.717) is 6.54 Å². The number of amides is 1. The first kappa shape index (κ1) is 15.7. The molecular formula is C14H20F2N4O. The van der Waals surface area contributed by atoms with Crippen molar-refractivity contribution in [2.24, 2.45) is 5.84 Å². The second kappa shape index (κ2) is 6.82. The van der Waals surface area contributed by atoms with Gasteiger partial charge >= 0.3 is 0 Å². The molecule has 0 saturated carbocycles. The Morgan fingerprint density at radius 1 is 1.33 bits per heavy atom. The highest BCUT2D eigenvalue weighted by atomic mass is 19.1. The smallest absolute Gasteiger partial charge is 0.251 e. The summed E-state index contributed by atoms with van der Waals surface area (Å²) in [5.41, 5.74) is 1.42. The summed E-state index contributed by atoms with van der Waals surface area (Å²) >= 11 is 0. The van der Waals surface area contributed by atoms with E-state index in [1.54, 1.807) is 0 Å². The predicted octanol–water partition coefficient (Wildman–Crippen LogP) is 1.46. The Kier molecular flexibility index (Phi) is 5.08. The molecule has 5 nitrogen and oxygen atoms in total. The van der Waals surface area contributed by atoms with Crippen molar-refractivity contribution in [1.29, 1.82) is 0 Å². The van der Waals surface area contributed by atoms with Crippen LogP contribution in [0.3, 0.4) is 0 Å². The highest BCUT2D eigenvalue weighted by Gasteiger charge is 2.19. The van der Waals surface area contributed by atoms with E-state index in [1.165, 1.54) is 12.8 Å². The van der Waals surface area contributed by atoms with Crippen molar-refractivity contribution in [2.45, 2.75) is 25.8 Å². The summed E-state index contributed by atoms with van der Waals surface area (Å²) in [6.07, 6.45) is 2.34. The standard InChI is InChI=1S/C14H20F2N4O/c1-9(20-4-2-3-5-20)8-18-14(21)10-6-11(15)13(19-17)12(16)7-10/h6-7,9,19H,2-5,8,17H2,1H3,(H,18,21). The lowest BCUT2D eigenvalue weighted by Gasteiger charge is -2.23. The number of anilines is 1. The molecule has 0 radical (unpaired) electrons. The fraction of sp³-hybridized carbons (Fsp3) is 0.500. The first-order valence-electron chi connectivity index (χ1n) is 7.01. The summed E-state index contributed by atoms with van der Waals surface area (Å²) < 4.78 is 27.1. The van der Waals surface area contributed by atoms with Gasteiger partial charge in [0, 0.05) is 18.2 Å². The number of rotatable bonds is 5. The Morgan fingerprint density at radius 2 is 1.90 bits per heavy atom. The Bertz CT molecular complexity index is 495. The molecule has 0 bridgehead atoms. The van der Waals surface area contributed by atoms with E-state index in [0.717, 1.165) is 25.2 Å². The molecule has 1 saturated heterocycles. The van der Waals surface area contributed by atoms with Gasteiger partial charge in [0.2, 0.25) is 0 Å². The number of hydrazine groups is 1. The van der Waals surface area contributed by atoms with E-state index >= 15 is 0 Å². The molecule has 1 amide bonds. The molecule has 1 aliphatic heterocycles. The van der Waals surface area contributed by atoms with Crippen LogP contribution in [0.1, 0.15) is 30.1 Å². The number of likely N-dealkylation sites (tertiary alicyclic amines) is 1. The van der Waals surface area contributed by atoms with Gasteiger partial charge in [0.15, 0.2) is 11.6 Å². The number of hydrogen-bond acceptors (Lipinski definition) is 4. The molecule has 1 aliphatic rings. The van der Waals surface area contributed by atoms with Crippen LogP contribution < -0.4 is 16.6 Å². The Hall–Kier alpha value is -1.73. The van der Waals surface area contributed by atoms with Crippen molar-refractivity contribution in [3.8, 4) is 0 Å². The molecule has 1 unspecified atom stereocenters. The number of carbonyl (C=O) groups excluding carboxylic acids is 1. The highest BCUT2D eigenvalue weighted by molar-refractivity contribution is 5.94. The van der Waals surface area contributed by atoms with E-state index in [2.05, 4.69) is 10.2 Å². The van der Waals surface area contributed by atoms with E-state index in [-0.39, 0.29) is 11.6 Å². The minimum atomic E-state index is -0.893. The van der Waals surface area contributed by atoms with Crippen LogP contribution in [0.2, 0.25) is 0 Å². The SMILES string of the molecule is CC(CNC(=O)c1cc(F)c(NN)c(F)c1)N1CCCC1. The van der Waals surface area contributed by atoms with Crippen molar-refractivity contribution in [3.05, 3.63) is 29.3 Å². The molecule has 0 spiro atoms. The van der Waals surface area contributed by atoms with Crippen molar-refractivity contribution in [2.75, 3.05) is 25.1 Å². The summed E-state index contributed by atoms with van der Waals surface area (Å²) in [6, 6.07) is 2.14. The zero-order chi connectivity index (χ0) is 15.4. The van der Waals surface area contributed by atoms with E-state index < -0.39 is 23.2 Å². The van der Waals surface area contributed by atoms with Crippen molar-refractivity contribution in [3.63, 3.8) is 0 Å². The van der Waals surface area contributed by atoms with Gasteiger partial charge in [-0.25, -0.2) is 8.78 Å². The monoisotopic (exact) mass is 298 g/mol. The van der Waals surface area contributed by atoms with Gasteiger partial charge in [-0.15, -0.1) is 0 Å². The Labute approximate surface area is 122 Å². The quantitative estimate of drug-likeness (QED) is 0.568. The Balaban J connectivity index is 1.97. The third kappa shape index (κ3) is 3.68. The van der Waals surface area contributed by atoms with Crippen LogP contribution in [-0.2, 0) is 0 Å². The molecule has 21 heavy (non-hydrogen) atoms. The first-order chi connectivity index (χ1) is 10.0. The summed E-state index contributed by atoms with van der Waals surface area (Å²) in [5.74, 6) is 2.73. The second-order valence-electron chi connectivity index (χ2n) is 5.26. The molecular weight excluding hydrogens is 278 g/mol. The number of nitrogens with zero attached hydrogens (tertiary/aromatic N) is 1. The lowest BCUT2D eigenvalue weighted by atomic mass is 10.1. The van der Waals surface area contributed by atoms with Crippen LogP contribution in [-0.4, -0.2) is 36.5 Å². The molecule has 0 aromatic heterocycles. The van der Waals surface area contributed by atoms with Crippen LogP contribution in [0.5, 0.6) is 0 Å². The zero-order valence-electron chi connectivity index (χ0n) is 12.0. The van der Waals surface area contributed by atoms with Crippen LogP contribution >= 0.6 is 0 Å². The number of nitrogens with one attached hydrogen (secondary N) is 2. The summed E-state index contributed by atoms with van der Waals surface area (Å²) in [4.78, 5) is 14.2. The van der Waals surface area contributed by atoms with E-state index in [1.807, 2.05) is 12.3 Å². The minimum absolute atomic E-state index is 0.0578. The molecule has 1 aromatic rings. The third-order valence-electron chi connectivity index (χ3n) is 3.77. The van der Waals surface area contributed by atoms with Crippen LogP contribution in [0.4, 0.5) is 14.5 Å². The lowest BCUT2D eigenvalue weighted by molar-refractivity contribution is 0.0939. The predicted molar refractivity (Wildman–Crippen MR) is 76.8 cm³/mol. The van der Waals surface area contributed by atoms with Gasteiger partial charge in [0.25, 0.3) is 5.91 Å². The van der Waals surface area contributed by atoms with Crippen LogP contribution in [0.25, 0.3) is 0 Å². The van der Waals surface area contributed by atoms with E-state index in [4.69, 9.17) is 5.84 Å². The van der Waals surface area contributed by atoms with Gasteiger partial charge in [-0.2, -0.15) is 0 Å². The molecule has 1 atom stereocenters. The van der Waals surface area contributed by atoms with Gasteiger partial charge in [-0.1, -0.05) is 0 Å². The number of hydrogen-bond donors (Lipinski definition) is 3. The fourth-order valence-corrected chi connectivity index (χ4v) is 2.50. The highest BCUT2D eigenvalue weighted by Crippen LogP contribution is 2.19. The average molecular weight is 298 g/mol. The second-order valence-corrected chi connectivity index (χ2v) is 5.26. The molecule has 2 rings (SSSR count). The van der Waals surface area contributed by atoms with Crippen LogP contribution in [0.15, 0.2) is 12.1 Å². The topological polar surface area (TPSA) is 70.4 Å². The van der Waals surface area contributed by atoms with Gasteiger partial charge in [0.05, 0.1) is 0 Å². The summed E-state index contributed by atoms with van der Waals surface area (Å²) in [6.45, 7) is 4.52.